The molecule has 1 aliphatic rings. The van der Waals surface area contributed by atoms with Crippen LogP contribution in [0.3, 0.4) is 0 Å². The predicted octanol–water partition coefficient (Wildman–Crippen LogP) is 5.44. The summed E-state index contributed by atoms with van der Waals surface area (Å²) in [5.74, 6) is -1.23. The number of rotatable bonds is 6. The summed E-state index contributed by atoms with van der Waals surface area (Å²) in [6.07, 6.45) is 1.71. The van der Waals surface area contributed by atoms with Gasteiger partial charge in [-0.3, -0.25) is 9.59 Å². The molecule has 3 rings (SSSR count). The molecule has 2 aromatic rings. The highest BCUT2D eigenvalue weighted by atomic mass is 32.1. The van der Waals surface area contributed by atoms with Crippen molar-refractivity contribution in [1.29, 1.82) is 0 Å². The number of carbonyl (C=O) groups excluding carboxylic acids is 2. The fourth-order valence-electron chi connectivity index (χ4n) is 3.82. The lowest BCUT2D eigenvalue weighted by atomic mass is 9.85. The minimum Gasteiger partial charge on any atom is -0.503 e. The van der Waals surface area contributed by atoms with Crippen LogP contribution in [-0.4, -0.2) is 33.2 Å². The molecule has 160 valence electrons. The number of aromatic nitrogens is 1. The number of amides is 1. The van der Waals surface area contributed by atoms with Gasteiger partial charge in [0.25, 0.3) is 5.91 Å². The van der Waals surface area contributed by atoms with E-state index in [1.807, 2.05) is 31.2 Å². The first-order valence-electron chi connectivity index (χ1n) is 10.4. The Bertz CT molecular complexity index is 996. The fraction of sp³-hybridized carbons (Fsp3) is 0.458. The molecule has 30 heavy (non-hydrogen) atoms. The highest BCUT2D eigenvalue weighted by Crippen LogP contribution is 2.40. The van der Waals surface area contributed by atoms with Crippen LogP contribution in [0.2, 0.25) is 0 Å². The summed E-state index contributed by atoms with van der Waals surface area (Å²) in [7, 11) is 0. The van der Waals surface area contributed by atoms with Crippen molar-refractivity contribution in [3.63, 3.8) is 0 Å². The molecule has 1 aliphatic heterocycles. The lowest BCUT2D eigenvalue weighted by Crippen LogP contribution is -2.32. The Kier molecular flexibility index (Phi) is 6.18. The van der Waals surface area contributed by atoms with E-state index in [0.717, 1.165) is 23.4 Å². The van der Waals surface area contributed by atoms with Crippen molar-refractivity contribution < 1.29 is 14.7 Å². The van der Waals surface area contributed by atoms with E-state index in [-0.39, 0.29) is 16.8 Å². The van der Waals surface area contributed by atoms with Gasteiger partial charge in [0.1, 0.15) is 0 Å². The van der Waals surface area contributed by atoms with E-state index in [1.54, 1.807) is 11.8 Å². The number of Topliss-reactive ketones (excluding diaryl/α,β-unsaturated/α-hetero) is 1. The van der Waals surface area contributed by atoms with E-state index in [9.17, 15) is 14.7 Å². The average Bonchev–Trinajstić information content (AvgIpc) is 3.15. The molecule has 1 aromatic carbocycles. The summed E-state index contributed by atoms with van der Waals surface area (Å²) < 4.78 is 0. The van der Waals surface area contributed by atoms with Crippen LogP contribution in [0.5, 0.6) is 0 Å². The lowest BCUT2D eigenvalue weighted by molar-refractivity contribution is -0.129. The molecule has 0 aliphatic carbocycles. The minimum atomic E-state index is -0.590. The van der Waals surface area contributed by atoms with Gasteiger partial charge < -0.3 is 10.0 Å². The highest BCUT2D eigenvalue weighted by molar-refractivity contribution is 7.14. The van der Waals surface area contributed by atoms with Crippen molar-refractivity contribution in [3.8, 4) is 0 Å². The van der Waals surface area contributed by atoms with E-state index in [0.29, 0.717) is 17.1 Å². The zero-order valence-corrected chi connectivity index (χ0v) is 19.4. The van der Waals surface area contributed by atoms with Crippen LogP contribution in [0, 0.1) is 13.8 Å². The van der Waals surface area contributed by atoms with E-state index < -0.39 is 17.7 Å². The third-order valence-corrected chi connectivity index (χ3v) is 6.57. The number of aryl methyl sites for hydroxylation is 2. The molecule has 0 spiro atoms. The van der Waals surface area contributed by atoms with Crippen molar-refractivity contribution in [1.82, 2.24) is 9.88 Å². The van der Waals surface area contributed by atoms with Gasteiger partial charge >= 0.3 is 0 Å². The molecule has 5 nitrogen and oxygen atoms in total. The Balaban J connectivity index is 2.09. The summed E-state index contributed by atoms with van der Waals surface area (Å²) in [6, 6.07) is 7.42. The van der Waals surface area contributed by atoms with Crippen LogP contribution in [0.1, 0.15) is 78.1 Å². The van der Waals surface area contributed by atoms with E-state index in [1.165, 1.54) is 16.9 Å². The van der Waals surface area contributed by atoms with Crippen LogP contribution < -0.4 is 0 Å². The summed E-state index contributed by atoms with van der Waals surface area (Å²) >= 11 is 1.30. The molecule has 0 radical (unpaired) electrons. The molecule has 0 fully saturated rings. The topological polar surface area (TPSA) is 70.5 Å². The second-order valence-electron chi connectivity index (χ2n) is 8.87. The Labute approximate surface area is 182 Å². The summed E-state index contributed by atoms with van der Waals surface area (Å²) in [6.45, 7) is 12.6. The van der Waals surface area contributed by atoms with Gasteiger partial charge in [-0.05, 0) is 36.8 Å². The monoisotopic (exact) mass is 426 g/mol. The van der Waals surface area contributed by atoms with Gasteiger partial charge in [0.2, 0.25) is 5.78 Å². The van der Waals surface area contributed by atoms with Gasteiger partial charge in [-0.15, -0.1) is 11.3 Å². The first kappa shape index (κ1) is 22.2. The third kappa shape index (κ3) is 4.06. The predicted molar refractivity (Wildman–Crippen MR) is 120 cm³/mol. The molecule has 0 bridgehead atoms. The van der Waals surface area contributed by atoms with Gasteiger partial charge in [-0.2, -0.15) is 0 Å². The van der Waals surface area contributed by atoms with Gasteiger partial charge in [0.05, 0.1) is 27.2 Å². The van der Waals surface area contributed by atoms with Crippen molar-refractivity contribution in [2.75, 3.05) is 6.54 Å². The number of carbonyl (C=O) groups is 2. The van der Waals surface area contributed by atoms with E-state index in [4.69, 9.17) is 0 Å². The van der Waals surface area contributed by atoms with Crippen LogP contribution in [0.25, 0.3) is 0 Å². The van der Waals surface area contributed by atoms with Crippen molar-refractivity contribution >= 4 is 23.0 Å². The average molecular weight is 427 g/mol. The molecule has 0 saturated heterocycles. The quantitative estimate of drug-likeness (QED) is 0.625. The maximum Gasteiger partial charge on any atom is 0.290 e. The normalized spacial score (nSPS) is 17.2. The Morgan fingerprint density at radius 3 is 2.33 bits per heavy atom. The second kappa shape index (κ2) is 8.34. The van der Waals surface area contributed by atoms with Gasteiger partial charge in [-0.25, -0.2) is 4.98 Å². The molecule has 1 unspecified atom stereocenters. The third-order valence-electron chi connectivity index (χ3n) is 5.50. The van der Waals surface area contributed by atoms with Crippen LogP contribution in [-0.2, 0) is 10.2 Å². The molecule has 2 heterocycles. The smallest absolute Gasteiger partial charge is 0.290 e. The lowest BCUT2D eigenvalue weighted by Gasteiger charge is -2.27. The highest BCUT2D eigenvalue weighted by Gasteiger charge is 2.44. The zero-order chi connectivity index (χ0) is 22.2. The molecule has 1 amide bonds. The largest absolute Gasteiger partial charge is 0.503 e. The Morgan fingerprint density at radius 2 is 1.83 bits per heavy atom. The summed E-state index contributed by atoms with van der Waals surface area (Å²) in [5.41, 5.74) is 2.79. The molecular weight excluding hydrogens is 396 g/mol. The number of aliphatic hydroxyl groups excluding tert-OH is 1. The number of unbranched alkanes of at least 4 members (excludes halogenated alkanes) is 1. The van der Waals surface area contributed by atoms with Gasteiger partial charge in [-0.1, -0.05) is 58.4 Å². The van der Waals surface area contributed by atoms with Crippen molar-refractivity contribution in [3.05, 3.63) is 62.3 Å². The van der Waals surface area contributed by atoms with Crippen LogP contribution in [0.4, 0.5) is 0 Å². The Morgan fingerprint density at radius 1 is 1.20 bits per heavy atom. The van der Waals surface area contributed by atoms with E-state index in [2.05, 4.69) is 32.7 Å². The summed E-state index contributed by atoms with van der Waals surface area (Å²) in [5, 5.41) is 11.5. The van der Waals surface area contributed by atoms with Gasteiger partial charge in [0, 0.05) is 6.54 Å². The molecule has 1 atom stereocenters. The second-order valence-corrected chi connectivity index (χ2v) is 10.1. The fourth-order valence-corrected chi connectivity index (χ4v) is 4.69. The van der Waals surface area contributed by atoms with Gasteiger partial charge in [0.15, 0.2) is 5.76 Å². The number of nitrogens with zero attached hydrogens (tertiary/aromatic N) is 2. The van der Waals surface area contributed by atoms with E-state index >= 15 is 0 Å². The SMILES string of the molecule is CCCCN1C(=O)C(O)=C(C(=O)c2sc(C)nc2C)C1c1ccc(C(C)(C)C)cc1. The molecule has 1 aromatic heterocycles. The maximum absolute atomic E-state index is 13.4. The first-order valence-corrected chi connectivity index (χ1v) is 11.2. The number of ketones is 1. The standard InChI is InChI=1S/C24H30N2O3S/c1-7-8-13-26-19(16-9-11-17(12-10-16)24(4,5)6)18(21(28)23(26)29)20(27)22-14(2)25-15(3)30-22/h9-12,19,28H,7-8,13H2,1-6H3. The summed E-state index contributed by atoms with van der Waals surface area (Å²) in [4.78, 5) is 32.8. The zero-order valence-electron chi connectivity index (χ0n) is 18.6. The minimum absolute atomic E-state index is 0.000171. The van der Waals surface area contributed by atoms with Crippen LogP contribution >= 0.6 is 11.3 Å². The number of hydrogen-bond acceptors (Lipinski definition) is 5. The van der Waals surface area contributed by atoms with Crippen LogP contribution in [0.15, 0.2) is 35.6 Å². The molecular formula is C24H30N2O3S. The van der Waals surface area contributed by atoms with Crippen molar-refractivity contribution in [2.45, 2.75) is 65.8 Å². The Hall–Kier alpha value is -2.47. The molecule has 0 saturated carbocycles. The molecule has 6 heteroatoms. The number of thiazole rings is 1. The van der Waals surface area contributed by atoms with Crippen molar-refractivity contribution in [2.24, 2.45) is 0 Å². The number of hydrogen-bond donors (Lipinski definition) is 1. The maximum atomic E-state index is 13.4. The number of aliphatic hydroxyl groups is 1. The number of benzene rings is 1. The first-order chi connectivity index (χ1) is 14.1. The molecule has 1 N–H and O–H groups in total.